The molecular weight excluding hydrogens is 414 g/mol. The van der Waals surface area contributed by atoms with Crippen LogP contribution < -0.4 is 10.1 Å². The van der Waals surface area contributed by atoms with Crippen LogP contribution in [0.1, 0.15) is 46.1 Å². The van der Waals surface area contributed by atoms with E-state index >= 15 is 0 Å². The summed E-state index contributed by atoms with van der Waals surface area (Å²) in [5.41, 5.74) is 2.25. The van der Waals surface area contributed by atoms with Gasteiger partial charge in [0.15, 0.2) is 6.10 Å². The van der Waals surface area contributed by atoms with Crippen molar-refractivity contribution in [1.29, 1.82) is 5.26 Å². The van der Waals surface area contributed by atoms with Gasteiger partial charge >= 0.3 is 0 Å². The molecule has 1 fully saturated rings. The van der Waals surface area contributed by atoms with Gasteiger partial charge in [-0.15, -0.1) is 11.3 Å². The zero-order chi connectivity index (χ0) is 21.8. The number of ether oxygens (including phenoxy) is 2. The second-order valence-corrected chi connectivity index (χ2v) is 8.81. The average Bonchev–Trinajstić information content (AvgIpc) is 3.17. The van der Waals surface area contributed by atoms with Crippen LogP contribution in [0.2, 0.25) is 0 Å². The third-order valence-corrected chi connectivity index (χ3v) is 6.79. The van der Waals surface area contributed by atoms with Crippen LogP contribution in [0.4, 0.5) is 5.00 Å². The lowest BCUT2D eigenvalue weighted by atomic mass is 9.95. The number of amides is 2. The Hall–Kier alpha value is -2.89. The van der Waals surface area contributed by atoms with E-state index in [1.807, 2.05) is 4.90 Å². The molecule has 8 heteroatoms. The number of fused-ring (bicyclic) bond motifs is 1. The van der Waals surface area contributed by atoms with Crippen molar-refractivity contribution in [3.63, 3.8) is 0 Å². The number of nitrogens with one attached hydrogen (secondary N) is 1. The molecule has 1 saturated heterocycles. The summed E-state index contributed by atoms with van der Waals surface area (Å²) >= 11 is 1.51. The minimum atomic E-state index is -0.751. The first-order valence-electron chi connectivity index (χ1n) is 10.6. The largest absolute Gasteiger partial charge is 0.481 e. The molecule has 31 heavy (non-hydrogen) atoms. The second-order valence-electron chi connectivity index (χ2n) is 7.71. The van der Waals surface area contributed by atoms with Crippen LogP contribution in [-0.4, -0.2) is 49.1 Å². The standard InChI is InChI=1S/C23H25N3O4S/c1-15(30-17-8-6-16(14-24)7-9-17)21(27)25-22-20(18-4-2-3-5-19(18)31-22)23(28)26-10-12-29-13-11-26/h6-9,15H,2-5,10-13H2,1H3,(H,25,27). The third-order valence-electron chi connectivity index (χ3n) is 5.59. The fourth-order valence-corrected chi connectivity index (χ4v) is 5.17. The second kappa shape index (κ2) is 9.50. The highest BCUT2D eigenvalue weighted by Gasteiger charge is 2.30. The summed E-state index contributed by atoms with van der Waals surface area (Å²) in [6.45, 7) is 3.87. The van der Waals surface area contributed by atoms with E-state index in [1.54, 1.807) is 31.2 Å². The lowest BCUT2D eigenvalue weighted by molar-refractivity contribution is -0.122. The minimum Gasteiger partial charge on any atom is -0.481 e. The number of nitrogens with zero attached hydrogens (tertiary/aromatic N) is 2. The molecular formula is C23H25N3O4S. The summed E-state index contributed by atoms with van der Waals surface area (Å²) in [5.74, 6) is 0.175. The number of hydrogen-bond acceptors (Lipinski definition) is 6. The lowest BCUT2D eigenvalue weighted by Gasteiger charge is -2.28. The van der Waals surface area contributed by atoms with Gasteiger partial charge in [0.2, 0.25) is 0 Å². The van der Waals surface area contributed by atoms with Gasteiger partial charge in [-0.2, -0.15) is 5.26 Å². The Balaban J connectivity index is 1.52. The molecule has 2 amide bonds. The number of aryl methyl sites for hydroxylation is 1. The number of carbonyl (C=O) groups excluding carboxylic acids is 2. The summed E-state index contributed by atoms with van der Waals surface area (Å²) in [4.78, 5) is 29.2. The van der Waals surface area contributed by atoms with Crippen LogP contribution in [0.15, 0.2) is 24.3 Å². The van der Waals surface area contributed by atoms with E-state index in [2.05, 4.69) is 11.4 Å². The quantitative estimate of drug-likeness (QED) is 0.771. The number of rotatable bonds is 5. The summed E-state index contributed by atoms with van der Waals surface area (Å²) < 4.78 is 11.1. The Kier molecular flexibility index (Phi) is 6.54. The Morgan fingerprint density at radius 3 is 2.61 bits per heavy atom. The highest BCUT2D eigenvalue weighted by atomic mass is 32.1. The maximum atomic E-state index is 13.3. The predicted molar refractivity (Wildman–Crippen MR) is 118 cm³/mol. The first kappa shape index (κ1) is 21.3. The number of benzene rings is 1. The van der Waals surface area contributed by atoms with E-state index in [4.69, 9.17) is 14.7 Å². The maximum absolute atomic E-state index is 13.3. The molecule has 7 nitrogen and oxygen atoms in total. The zero-order valence-corrected chi connectivity index (χ0v) is 18.3. The van der Waals surface area contributed by atoms with E-state index in [-0.39, 0.29) is 11.8 Å². The van der Waals surface area contributed by atoms with E-state index < -0.39 is 6.10 Å². The molecule has 1 aliphatic carbocycles. The van der Waals surface area contributed by atoms with Crippen molar-refractivity contribution in [3.05, 3.63) is 45.8 Å². The number of nitriles is 1. The normalized spacial score (nSPS) is 16.7. The van der Waals surface area contributed by atoms with Crippen molar-refractivity contribution >= 4 is 28.2 Å². The Bertz CT molecular complexity index is 1000. The fourth-order valence-electron chi connectivity index (χ4n) is 3.88. The maximum Gasteiger partial charge on any atom is 0.265 e. The minimum absolute atomic E-state index is 0.0290. The van der Waals surface area contributed by atoms with E-state index in [1.165, 1.54) is 16.2 Å². The summed E-state index contributed by atoms with van der Waals surface area (Å²) in [7, 11) is 0. The van der Waals surface area contributed by atoms with Crippen molar-refractivity contribution < 1.29 is 19.1 Å². The molecule has 0 bridgehead atoms. The Morgan fingerprint density at radius 2 is 1.90 bits per heavy atom. The van der Waals surface area contributed by atoms with Crippen LogP contribution in [0.3, 0.4) is 0 Å². The molecule has 2 heterocycles. The number of thiophene rings is 1. The number of carbonyl (C=O) groups is 2. The highest BCUT2D eigenvalue weighted by molar-refractivity contribution is 7.17. The summed E-state index contributed by atoms with van der Waals surface area (Å²) in [6.07, 6.45) is 3.21. The van der Waals surface area contributed by atoms with Crippen molar-refractivity contribution in [2.75, 3.05) is 31.6 Å². The van der Waals surface area contributed by atoms with E-state index in [9.17, 15) is 9.59 Å². The third kappa shape index (κ3) is 4.73. The topological polar surface area (TPSA) is 91.7 Å². The van der Waals surface area contributed by atoms with Gasteiger partial charge in [-0.05, 0) is 62.4 Å². The molecule has 2 aromatic rings. The first-order valence-corrected chi connectivity index (χ1v) is 11.4. The molecule has 1 N–H and O–H groups in total. The van der Waals surface area contributed by atoms with Crippen LogP contribution >= 0.6 is 11.3 Å². The van der Waals surface area contributed by atoms with Crippen molar-refractivity contribution in [2.45, 2.75) is 38.7 Å². The molecule has 1 aromatic heterocycles. The molecule has 1 aromatic carbocycles. The van der Waals surface area contributed by atoms with Gasteiger partial charge < -0.3 is 19.7 Å². The SMILES string of the molecule is CC(Oc1ccc(C#N)cc1)C(=O)Nc1sc2c(c1C(=O)N1CCOCC1)CCCC2. The number of anilines is 1. The molecule has 0 saturated carbocycles. The number of hydrogen-bond donors (Lipinski definition) is 1. The summed E-state index contributed by atoms with van der Waals surface area (Å²) in [6, 6.07) is 8.68. The van der Waals surface area contributed by atoms with Crippen LogP contribution in [-0.2, 0) is 22.4 Å². The first-order chi connectivity index (χ1) is 15.1. The van der Waals surface area contributed by atoms with Gasteiger partial charge in [-0.25, -0.2) is 0 Å². The number of morpholine rings is 1. The molecule has 0 spiro atoms. The van der Waals surface area contributed by atoms with Gasteiger partial charge in [0, 0.05) is 18.0 Å². The molecule has 1 aliphatic heterocycles. The fraction of sp³-hybridized carbons (Fsp3) is 0.435. The van der Waals surface area contributed by atoms with Crippen LogP contribution in [0.25, 0.3) is 0 Å². The predicted octanol–water partition coefficient (Wildman–Crippen LogP) is 3.38. The van der Waals surface area contributed by atoms with Crippen molar-refractivity contribution in [1.82, 2.24) is 4.90 Å². The van der Waals surface area contributed by atoms with Crippen molar-refractivity contribution in [2.24, 2.45) is 0 Å². The smallest absolute Gasteiger partial charge is 0.265 e. The highest BCUT2D eigenvalue weighted by Crippen LogP contribution is 2.39. The molecule has 2 aliphatic rings. The Morgan fingerprint density at radius 1 is 1.19 bits per heavy atom. The monoisotopic (exact) mass is 439 g/mol. The van der Waals surface area contributed by atoms with Gasteiger partial charge in [0.1, 0.15) is 10.8 Å². The van der Waals surface area contributed by atoms with Gasteiger partial charge in [0.05, 0.1) is 30.4 Å². The van der Waals surface area contributed by atoms with E-state index in [0.717, 1.165) is 31.2 Å². The average molecular weight is 440 g/mol. The van der Waals surface area contributed by atoms with Crippen LogP contribution in [0.5, 0.6) is 5.75 Å². The van der Waals surface area contributed by atoms with E-state index in [0.29, 0.717) is 48.2 Å². The van der Waals surface area contributed by atoms with Crippen molar-refractivity contribution in [3.8, 4) is 11.8 Å². The van der Waals surface area contributed by atoms with Gasteiger partial charge in [0.25, 0.3) is 11.8 Å². The lowest BCUT2D eigenvalue weighted by Crippen LogP contribution is -2.41. The van der Waals surface area contributed by atoms with Gasteiger partial charge in [-0.3, -0.25) is 9.59 Å². The van der Waals surface area contributed by atoms with Gasteiger partial charge in [-0.1, -0.05) is 0 Å². The summed E-state index contributed by atoms with van der Waals surface area (Å²) in [5, 5.41) is 12.5. The molecule has 1 atom stereocenters. The zero-order valence-electron chi connectivity index (χ0n) is 17.5. The van der Waals surface area contributed by atoms with Crippen LogP contribution in [0, 0.1) is 11.3 Å². The Labute approximate surface area is 185 Å². The molecule has 1 unspecified atom stereocenters. The molecule has 4 rings (SSSR count). The molecule has 0 radical (unpaired) electrons. The molecule has 162 valence electrons.